The maximum absolute atomic E-state index is 12.2. The molecule has 0 aliphatic heterocycles. The molecule has 2 aromatic heterocycles. The van der Waals surface area contributed by atoms with Gasteiger partial charge < -0.3 is 9.73 Å². The normalized spacial score (nSPS) is 11.0. The predicted molar refractivity (Wildman–Crippen MR) is 90.0 cm³/mol. The van der Waals surface area contributed by atoms with E-state index in [-0.39, 0.29) is 12.3 Å². The Bertz CT molecular complexity index is 749. The van der Waals surface area contributed by atoms with Crippen LogP contribution in [-0.4, -0.2) is 28.3 Å². The van der Waals surface area contributed by atoms with Crippen molar-refractivity contribution in [2.45, 2.75) is 17.7 Å². The summed E-state index contributed by atoms with van der Waals surface area (Å²) in [5.74, 6) is 1.28. The third-order valence-electron chi connectivity index (χ3n) is 2.94. The van der Waals surface area contributed by atoms with Crippen LogP contribution >= 0.6 is 23.1 Å². The van der Waals surface area contributed by atoms with Gasteiger partial charge in [-0.15, -0.1) is 10.2 Å². The minimum absolute atomic E-state index is 0.103. The highest BCUT2D eigenvalue weighted by Crippen LogP contribution is 2.26. The molecule has 0 atom stereocenters. The third-order valence-corrected chi connectivity index (χ3v) is 5.16. The number of fused-ring (bicyclic) bond motifs is 1. The van der Waals surface area contributed by atoms with Gasteiger partial charge in [-0.2, -0.15) is 0 Å². The number of hydrogen-bond donors (Lipinski definition) is 1. The zero-order chi connectivity index (χ0) is 15.4. The molecule has 0 saturated heterocycles. The first-order valence-electron chi connectivity index (χ1n) is 6.98. The Labute approximate surface area is 136 Å². The van der Waals surface area contributed by atoms with Gasteiger partial charge in [0.2, 0.25) is 10.9 Å². The maximum Gasteiger partial charge on any atom is 0.217 e. The standard InChI is InChI=1S/C15H15N3O2S2/c1-2-7-21-15-18-17-14(22-15)16-9-11(19)13-8-10-5-3-4-6-12(10)20-13/h3-6,8H,2,7,9H2,1H3,(H,16,17). The van der Waals surface area contributed by atoms with Crippen LogP contribution in [0.5, 0.6) is 0 Å². The van der Waals surface area contributed by atoms with Crippen molar-refractivity contribution in [3.63, 3.8) is 0 Å². The topological polar surface area (TPSA) is 68.0 Å². The molecule has 1 aromatic carbocycles. The number of carbonyl (C=O) groups is 1. The highest BCUT2D eigenvalue weighted by atomic mass is 32.2. The molecule has 7 heteroatoms. The van der Waals surface area contributed by atoms with E-state index in [1.165, 1.54) is 11.3 Å². The third kappa shape index (κ3) is 3.48. The van der Waals surface area contributed by atoms with Crippen LogP contribution < -0.4 is 5.32 Å². The summed E-state index contributed by atoms with van der Waals surface area (Å²) in [5, 5.41) is 12.7. The monoisotopic (exact) mass is 333 g/mol. The minimum Gasteiger partial charge on any atom is -0.453 e. The number of benzene rings is 1. The number of thioether (sulfide) groups is 1. The molecule has 3 rings (SSSR count). The molecule has 0 unspecified atom stereocenters. The number of rotatable bonds is 7. The maximum atomic E-state index is 12.2. The van der Waals surface area contributed by atoms with E-state index in [1.807, 2.05) is 24.3 Å². The molecule has 5 nitrogen and oxygen atoms in total. The van der Waals surface area contributed by atoms with Crippen LogP contribution in [0.1, 0.15) is 23.9 Å². The first kappa shape index (κ1) is 15.1. The molecule has 0 radical (unpaired) electrons. The Kier molecular flexibility index (Phi) is 4.74. The van der Waals surface area contributed by atoms with Crippen molar-refractivity contribution in [2.75, 3.05) is 17.6 Å². The van der Waals surface area contributed by atoms with Crippen molar-refractivity contribution in [2.24, 2.45) is 0 Å². The molecular weight excluding hydrogens is 318 g/mol. The van der Waals surface area contributed by atoms with E-state index < -0.39 is 0 Å². The van der Waals surface area contributed by atoms with Gasteiger partial charge in [-0.3, -0.25) is 4.79 Å². The summed E-state index contributed by atoms with van der Waals surface area (Å²) >= 11 is 3.14. The van der Waals surface area contributed by atoms with E-state index in [1.54, 1.807) is 17.8 Å². The fraction of sp³-hybridized carbons (Fsp3) is 0.267. The van der Waals surface area contributed by atoms with Gasteiger partial charge in [0, 0.05) is 11.1 Å². The van der Waals surface area contributed by atoms with Gasteiger partial charge in [-0.1, -0.05) is 48.2 Å². The number of para-hydroxylation sites is 1. The lowest BCUT2D eigenvalue weighted by Crippen LogP contribution is -2.13. The van der Waals surface area contributed by atoms with Crippen molar-refractivity contribution >= 4 is 45.0 Å². The first-order valence-corrected chi connectivity index (χ1v) is 8.78. The van der Waals surface area contributed by atoms with Gasteiger partial charge >= 0.3 is 0 Å². The Morgan fingerprint density at radius 3 is 3.05 bits per heavy atom. The summed E-state index contributed by atoms with van der Waals surface area (Å²) in [6.07, 6.45) is 1.09. The lowest BCUT2D eigenvalue weighted by Gasteiger charge is -1.98. The summed E-state index contributed by atoms with van der Waals surface area (Å²) in [5.41, 5.74) is 0.722. The van der Waals surface area contributed by atoms with E-state index >= 15 is 0 Å². The minimum atomic E-state index is -0.103. The second-order valence-electron chi connectivity index (χ2n) is 4.65. The van der Waals surface area contributed by atoms with Crippen molar-refractivity contribution < 1.29 is 9.21 Å². The summed E-state index contributed by atoms with van der Waals surface area (Å²) in [7, 11) is 0. The highest BCUT2D eigenvalue weighted by molar-refractivity contribution is 8.01. The predicted octanol–water partition coefficient (Wildman–Crippen LogP) is 4.08. The molecule has 2 heterocycles. The Morgan fingerprint density at radius 1 is 1.36 bits per heavy atom. The molecule has 0 spiro atoms. The first-order chi connectivity index (χ1) is 10.8. The molecule has 0 aliphatic rings. The smallest absolute Gasteiger partial charge is 0.217 e. The fourth-order valence-corrected chi connectivity index (χ4v) is 3.56. The van der Waals surface area contributed by atoms with Gasteiger partial charge in [0.15, 0.2) is 10.1 Å². The summed E-state index contributed by atoms with van der Waals surface area (Å²) in [6.45, 7) is 2.27. The molecule has 0 amide bonds. The van der Waals surface area contributed by atoms with Crippen LogP contribution in [0, 0.1) is 0 Å². The van der Waals surface area contributed by atoms with Crippen LogP contribution in [0.25, 0.3) is 11.0 Å². The van der Waals surface area contributed by atoms with Crippen LogP contribution in [-0.2, 0) is 0 Å². The Morgan fingerprint density at radius 2 is 2.23 bits per heavy atom. The zero-order valence-corrected chi connectivity index (χ0v) is 13.7. The number of anilines is 1. The Balaban J connectivity index is 1.60. The molecule has 22 heavy (non-hydrogen) atoms. The lowest BCUT2D eigenvalue weighted by molar-refractivity contribution is 0.0982. The van der Waals surface area contributed by atoms with Crippen molar-refractivity contribution in [1.82, 2.24) is 10.2 Å². The van der Waals surface area contributed by atoms with Crippen LogP contribution in [0.2, 0.25) is 0 Å². The van der Waals surface area contributed by atoms with Gasteiger partial charge in [0.05, 0.1) is 6.54 Å². The molecule has 0 aliphatic carbocycles. The van der Waals surface area contributed by atoms with Crippen molar-refractivity contribution in [3.05, 3.63) is 36.1 Å². The molecular formula is C15H15N3O2S2. The summed E-state index contributed by atoms with van der Waals surface area (Å²) < 4.78 is 6.47. The number of nitrogens with one attached hydrogen (secondary N) is 1. The van der Waals surface area contributed by atoms with Crippen LogP contribution in [0.3, 0.4) is 0 Å². The highest BCUT2D eigenvalue weighted by Gasteiger charge is 2.13. The van der Waals surface area contributed by atoms with Gasteiger partial charge in [-0.05, 0) is 18.6 Å². The lowest BCUT2D eigenvalue weighted by atomic mass is 10.2. The van der Waals surface area contributed by atoms with E-state index in [0.29, 0.717) is 10.9 Å². The van der Waals surface area contributed by atoms with Gasteiger partial charge in [-0.25, -0.2) is 0 Å². The largest absolute Gasteiger partial charge is 0.453 e. The average molecular weight is 333 g/mol. The number of nitrogens with zero attached hydrogens (tertiary/aromatic N) is 2. The van der Waals surface area contributed by atoms with Gasteiger partial charge in [0.1, 0.15) is 5.58 Å². The molecule has 3 aromatic rings. The number of Topliss-reactive ketones (excluding diaryl/α,β-unsaturated/α-hetero) is 1. The van der Waals surface area contributed by atoms with E-state index in [4.69, 9.17) is 4.42 Å². The van der Waals surface area contributed by atoms with Gasteiger partial charge in [0.25, 0.3) is 0 Å². The molecule has 1 N–H and O–H groups in total. The Hall–Kier alpha value is -1.86. The molecule has 0 fully saturated rings. The average Bonchev–Trinajstić information content (AvgIpc) is 3.17. The van der Waals surface area contributed by atoms with Crippen LogP contribution in [0.4, 0.5) is 5.13 Å². The second-order valence-corrected chi connectivity index (χ2v) is 6.97. The summed E-state index contributed by atoms with van der Waals surface area (Å²) in [6, 6.07) is 9.34. The molecule has 0 saturated carbocycles. The number of furan rings is 1. The molecule has 114 valence electrons. The fourth-order valence-electron chi connectivity index (χ4n) is 1.89. The van der Waals surface area contributed by atoms with E-state index in [0.717, 1.165) is 27.5 Å². The summed E-state index contributed by atoms with van der Waals surface area (Å²) in [4.78, 5) is 12.2. The quantitative estimate of drug-likeness (QED) is 0.519. The van der Waals surface area contributed by atoms with E-state index in [9.17, 15) is 4.79 Å². The second kappa shape index (κ2) is 6.93. The van der Waals surface area contributed by atoms with E-state index in [2.05, 4.69) is 22.4 Å². The SMILES string of the molecule is CCCSc1nnc(NCC(=O)c2cc3ccccc3o2)s1. The number of carbonyl (C=O) groups excluding carboxylic acids is 1. The molecule has 0 bridgehead atoms. The van der Waals surface area contributed by atoms with Crippen LogP contribution in [0.15, 0.2) is 39.1 Å². The number of aromatic nitrogens is 2. The number of ketones is 1. The van der Waals surface area contributed by atoms with Crippen molar-refractivity contribution in [1.29, 1.82) is 0 Å². The van der Waals surface area contributed by atoms with Crippen molar-refractivity contribution in [3.8, 4) is 0 Å². The number of hydrogen-bond acceptors (Lipinski definition) is 7. The zero-order valence-electron chi connectivity index (χ0n) is 12.0.